The first-order valence-electron chi connectivity index (χ1n) is 9.32. The monoisotopic (exact) mass is 438 g/mol. The van der Waals surface area contributed by atoms with Gasteiger partial charge in [0.25, 0.3) is 5.91 Å². The number of halogens is 2. The van der Waals surface area contributed by atoms with E-state index in [0.29, 0.717) is 15.6 Å². The summed E-state index contributed by atoms with van der Waals surface area (Å²) in [6.07, 6.45) is 1.81. The fourth-order valence-electron chi connectivity index (χ4n) is 3.36. The van der Waals surface area contributed by atoms with Gasteiger partial charge in [0.1, 0.15) is 0 Å². The lowest BCUT2D eigenvalue weighted by molar-refractivity contribution is -0.596. The summed E-state index contributed by atoms with van der Waals surface area (Å²) >= 11 is 12.0. The Labute approximate surface area is 183 Å². The molecular weight excluding hydrogens is 421 g/mol. The number of hydrogen-bond donors (Lipinski definition) is 2. The third-order valence-corrected chi connectivity index (χ3v) is 5.33. The topological polar surface area (TPSA) is 61.2 Å². The fourth-order valence-corrected chi connectivity index (χ4v) is 3.62. The number of rotatable bonds is 4. The third-order valence-electron chi connectivity index (χ3n) is 4.83. The molecular formula is C23H18Cl2N3O2+. The standard InChI is InChI=1S/C23H17Cl2N3O2/c24-18-10-6-15(7-11-18)14-28-21(16-8-12-19(25)13-9-16)20(23(30)27-28)26-22(29)17-4-2-1-3-5-17/h1-14,20-21H,(H-,26,27,29,30)/p+1/b28-14-/t20-,21-/m0/s1. The van der Waals surface area contributed by atoms with Crippen molar-refractivity contribution in [3.05, 3.63) is 106 Å². The first-order valence-corrected chi connectivity index (χ1v) is 10.1. The minimum absolute atomic E-state index is 0.301. The molecule has 1 fully saturated rings. The highest BCUT2D eigenvalue weighted by Gasteiger charge is 2.47. The van der Waals surface area contributed by atoms with Crippen LogP contribution in [0.25, 0.3) is 0 Å². The molecule has 4 rings (SSSR count). The van der Waals surface area contributed by atoms with E-state index in [4.69, 9.17) is 23.2 Å². The van der Waals surface area contributed by atoms with E-state index in [1.807, 2.05) is 36.5 Å². The van der Waals surface area contributed by atoms with E-state index < -0.39 is 12.1 Å². The van der Waals surface area contributed by atoms with Crippen molar-refractivity contribution in [3.8, 4) is 0 Å². The Balaban J connectivity index is 1.70. The molecule has 0 saturated carbocycles. The molecule has 1 aliphatic heterocycles. The number of benzene rings is 3. The van der Waals surface area contributed by atoms with Crippen molar-refractivity contribution >= 4 is 41.2 Å². The van der Waals surface area contributed by atoms with E-state index in [0.717, 1.165) is 11.1 Å². The van der Waals surface area contributed by atoms with Crippen LogP contribution in [-0.4, -0.2) is 28.8 Å². The molecule has 0 aliphatic carbocycles. The fraction of sp³-hybridized carbons (Fsp3) is 0.0870. The van der Waals surface area contributed by atoms with Crippen LogP contribution in [-0.2, 0) is 4.79 Å². The number of nitrogens with zero attached hydrogens (tertiary/aromatic N) is 1. The molecule has 0 bridgehead atoms. The number of amides is 2. The van der Waals surface area contributed by atoms with Gasteiger partial charge in [0.05, 0.1) is 0 Å². The molecule has 2 atom stereocenters. The van der Waals surface area contributed by atoms with Gasteiger partial charge in [0, 0.05) is 26.7 Å². The van der Waals surface area contributed by atoms with Gasteiger partial charge in [-0.25, -0.2) is 0 Å². The second-order valence-electron chi connectivity index (χ2n) is 6.88. The molecule has 0 unspecified atom stereocenters. The molecule has 30 heavy (non-hydrogen) atoms. The third kappa shape index (κ3) is 4.37. The van der Waals surface area contributed by atoms with Gasteiger partial charge in [-0.15, -0.1) is 10.1 Å². The van der Waals surface area contributed by atoms with Crippen LogP contribution in [0.3, 0.4) is 0 Å². The van der Waals surface area contributed by atoms with Crippen LogP contribution in [0.4, 0.5) is 0 Å². The van der Waals surface area contributed by atoms with Crippen molar-refractivity contribution in [2.24, 2.45) is 0 Å². The average molecular weight is 439 g/mol. The van der Waals surface area contributed by atoms with Gasteiger partial charge >= 0.3 is 5.91 Å². The van der Waals surface area contributed by atoms with Gasteiger partial charge < -0.3 is 5.32 Å². The second-order valence-corrected chi connectivity index (χ2v) is 7.75. The predicted octanol–water partition coefficient (Wildman–Crippen LogP) is 4.01. The zero-order valence-corrected chi connectivity index (χ0v) is 17.3. The van der Waals surface area contributed by atoms with Crippen molar-refractivity contribution in [1.29, 1.82) is 0 Å². The molecule has 2 N–H and O–H groups in total. The van der Waals surface area contributed by atoms with E-state index in [1.54, 1.807) is 53.2 Å². The summed E-state index contributed by atoms with van der Waals surface area (Å²) in [5, 5.41) is 4.08. The minimum Gasteiger partial charge on any atom is -0.334 e. The second kappa shape index (κ2) is 8.69. The predicted molar refractivity (Wildman–Crippen MR) is 117 cm³/mol. The molecule has 2 amide bonds. The Morgan fingerprint density at radius 2 is 1.50 bits per heavy atom. The number of carbonyl (C=O) groups excluding carboxylic acids is 2. The maximum Gasteiger partial charge on any atom is 0.304 e. The highest BCUT2D eigenvalue weighted by molar-refractivity contribution is 6.30. The van der Waals surface area contributed by atoms with Crippen molar-refractivity contribution in [1.82, 2.24) is 10.7 Å². The summed E-state index contributed by atoms with van der Waals surface area (Å²) in [5.41, 5.74) is 5.02. The summed E-state index contributed by atoms with van der Waals surface area (Å²) < 4.78 is 1.70. The Bertz CT molecular complexity index is 1100. The van der Waals surface area contributed by atoms with Crippen LogP contribution >= 0.6 is 23.2 Å². The van der Waals surface area contributed by atoms with Crippen molar-refractivity contribution in [3.63, 3.8) is 0 Å². The van der Waals surface area contributed by atoms with Gasteiger partial charge in [0.2, 0.25) is 12.3 Å². The van der Waals surface area contributed by atoms with Crippen LogP contribution in [0, 0.1) is 0 Å². The Hall–Kier alpha value is -3.15. The van der Waals surface area contributed by atoms with Gasteiger partial charge in [-0.3, -0.25) is 9.59 Å². The van der Waals surface area contributed by atoms with E-state index in [-0.39, 0.29) is 11.8 Å². The Kier molecular flexibility index (Phi) is 5.84. The van der Waals surface area contributed by atoms with E-state index in [2.05, 4.69) is 10.7 Å². The zero-order valence-electron chi connectivity index (χ0n) is 15.8. The number of hydrazone groups is 1. The van der Waals surface area contributed by atoms with E-state index in [9.17, 15) is 9.59 Å². The molecule has 5 nitrogen and oxygen atoms in total. The molecule has 3 aromatic carbocycles. The molecule has 0 spiro atoms. The maximum absolute atomic E-state index is 12.8. The molecule has 1 heterocycles. The Morgan fingerprint density at radius 1 is 0.900 bits per heavy atom. The van der Waals surface area contributed by atoms with Crippen LogP contribution in [0.15, 0.2) is 78.9 Å². The summed E-state index contributed by atoms with van der Waals surface area (Å²) in [6, 6.07) is 22.0. The number of hydrazine groups is 1. The SMILES string of the molecule is O=C(N[C@@H]1C(=O)N/[N+](=C\c2ccc(Cl)cc2)[C@H]1c1ccc(Cl)cc1)c1ccccc1. The average Bonchev–Trinajstić information content (AvgIpc) is 3.05. The summed E-state index contributed by atoms with van der Waals surface area (Å²) in [6.45, 7) is 0. The molecule has 0 radical (unpaired) electrons. The highest BCUT2D eigenvalue weighted by Crippen LogP contribution is 2.27. The lowest BCUT2D eigenvalue weighted by Crippen LogP contribution is -2.42. The summed E-state index contributed by atoms with van der Waals surface area (Å²) in [4.78, 5) is 25.5. The maximum atomic E-state index is 12.8. The minimum atomic E-state index is -0.789. The number of nitrogens with one attached hydrogen (secondary N) is 2. The first-order chi connectivity index (χ1) is 14.5. The van der Waals surface area contributed by atoms with Crippen molar-refractivity contribution < 1.29 is 14.3 Å². The zero-order chi connectivity index (χ0) is 21.1. The van der Waals surface area contributed by atoms with Crippen molar-refractivity contribution in [2.45, 2.75) is 12.1 Å². The normalized spacial score (nSPS) is 19.5. The summed E-state index contributed by atoms with van der Waals surface area (Å²) in [5.74, 6) is -0.618. The van der Waals surface area contributed by atoms with Crippen LogP contribution in [0.1, 0.15) is 27.5 Å². The molecule has 7 heteroatoms. The largest absolute Gasteiger partial charge is 0.334 e. The first kappa shape index (κ1) is 20.1. The van der Waals surface area contributed by atoms with Gasteiger partial charge in [0.15, 0.2) is 6.04 Å². The van der Waals surface area contributed by atoms with Gasteiger partial charge in [-0.2, -0.15) is 0 Å². The molecule has 0 aromatic heterocycles. The number of hydrogen-bond acceptors (Lipinski definition) is 2. The lowest BCUT2D eigenvalue weighted by Gasteiger charge is -2.14. The van der Waals surface area contributed by atoms with Gasteiger partial charge in [-0.1, -0.05) is 53.5 Å². The summed E-state index contributed by atoms with van der Waals surface area (Å²) in [7, 11) is 0. The highest BCUT2D eigenvalue weighted by atomic mass is 35.5. The van der Waals surface area contributed by atoms with Crippen LogP contribution in [0.5, 0.6) is 0 Å². The Morgan fingerprint density at radius 3 is 2.13 bits per heavy atom. The molecule has 1 saturated heterocycles. The quantitative estimate of drug-likeness (QED) is 0.604. The number of carbonyl (C=O) groups is 2. The molecule has 1 aliphatic rings. The van der Waals surface area contributed by atoms with Crippen LogP contribution < -0.4 is 10.7 Å². The van der Waals surface area contributed by atoms with Gasteiger partial charge in [-0.05, 0) is 48.5 Å². The smallest absolute Gasteiger partial charge is 0.304 e. The lowest BCUT2D eigenvalue weighted by atomic mass is 10.00. The van der Waals surface area contributed by atoms with E-state index >= 15 is 0 Å². The van der Waals surface area contributed by atoms with E-state index in [1.165, 1.54) is 0 Å². The van der Waals surface area contributed by atoms with Crippen LogP contribution in [0.2, 0.25) is 10.0 Å². The molecule has 3 aromatic rings. The molecule has 150 valence electrons. The van der Waals surface area contributed by atoms with Crippen molar-refractivity contribution in [2.75, 3.05) is 0 Å².